The van der Waals surface area contributed by atoms with Gasteiger partial charge in [0.05, 0.1) is 0 Å². The molecule has 0 bridgehead atoms. The van der Waals surface area contributed by atoms with Crippen molar-refractivity contribution in [2.45, 2.75) is 45.1 Å². The zero-order chi connectivity index (χ0) is 14.1. The molecule has 1 unspecified atom stereocenters. The molecule has 3 rings (SSSR count). The van der Waals surface area contributed by atoms with Crippen molar-refractivity contribution in [3.63, 3.8) is 0 Å². The lowest BCUT2D eigenvalue weighted by atomic mass is 10.0. The standard InChI is InChI=1S/C16H21N3O/c1-10(2)11-3-7-13(8-4-11)16-18-15(20-19-16)9-14(17)12-5-6-12/h3-4,7-8,10,12,14H,5-6,9,17H2,1-2H3. The Hall–Kier alpha value is -1.68. The minimum absolute atomic E-state index is 0.159. The van der Waals surface area contributed by atoms with Crippen molar-refractivity contribution in [3.05, 3.63) is 35.7 Å². The van der Waals surface area contributed by atoms with E-state index in [-0.39, 0.29) is 6.04 Å². The summed E-state index contributed by atoms with van der Waals surface area (Å²) in [7, 11) is 0. The Bertz CT molecular complexity index is 570. The van der Waals surface area contributed by atoms with Gasteiger partial charge in [-0.25, -0.2) is 0 Å². The highest BCUT2D eigenvalue weighted by Gasteiger charge is 2.29. The molecule has 4 heteroatoms. The molecule has 2 N–H and O–H groups in total. The molecule has 1 heterocycles. The maximum absolute atomic E-state index is 6.08. The van der Waals surface area contributed by atoms with Crippen LogP contribution in [0.3, 0.4) is 0 Å². The Labute approximate surface area is 119 Å². The predicted molar refractivity (Wildman–Crippen MR) is 78.2 cm³/mol. The number of hydrogen-bond acceptors (Lipinski definition) is 4. The first-order valence-electron chi connectivity index (χ1n) is 7.32. The predicted octanol–water partition coefficient (Wildman–Crippen LogP) is 3.14. The molecule has 20 heavy (non-hydrogen) atoms. The van der Waals surface area contributed by atoms with Gasteiger partial charge in [0, 0.05) is 18.0 Å². The second kappa shape index (κ2) is 5.37. The highest BCUT2D eigenvalue weighted by atomic mass is 16.5. The average molecular weight is 271 g/mol. The number of nitrogens with two attached hydrogens (primary N) is 1. The van der Waals surface area contributed by atoms with E-state index in [2.05, 4.69) is 36.1 Å². The summed E-state index contributed by atoms with van der Waals surface area (Å²) in [5.74, 6) is 2.47. The molecule has 1 fully saturated rings. The topological polar surface area (TPSA) is 64.9 Å². The summed E-state index contributed by atoms with van der Waals surface area (Å²) >= 11 is 0. The highest BCUT2D eigenvalue weighted by Crippen LogP contribution is 2.32. The molecule has 2 aromatic rings. The van der Waals surface area contributed by atoms with E-state index in [9.17, 15) is 0 Å². The fourth-order valence-corrected chi connectivity index (χ4v) is 2.36. The van der Waals surface area contributed by atoms with E-state index in [1.54, 1.807) is 0 Å². The van der Waals surface area contributed by atoms with Gasteiger partial charge >= 0.3 is 0 Å². The Morgan fingerprint density at radius 3 is 2.55 bits per heavy atom. The van der Waals surface area contributed by atoms with E-state index in [1.165, 1.54) is 18.4 Å². The van der Waals surface area contributed by atoms with Crippen molar-refractivity contribution < 1.29 is 4.52 Å². The smallest absolute Gasteiger partial charge is 0.228 e. The van der Waals surface area contributed by atoms with Crippen LogP contribution in [0.15, 0.2) is 28.8 Å². The van der Waals surface area contributed by atoms with E-state index in [0.29, 0.717) is 30.0 Å². The van der Waals surface area contributed by atoms with Crippen LogP contribution in [0.5, 0.6) is 0 Å². The molecule has 4 nitrogen and oxygen atoms in total. The highest BCUT2D eigenvalue weighted by molar-refractivity contribution is 5.54. The summed E-state index contributed by atoms with van der Waals surface area (Å²) in [6, 6.07) is 8.49. The van der Waals surface area contributed by atoms with Gasteiger partial charge in [0.15, 0.2) is 0 Å². The van der Waals surface area contributed by atoms with Gasteiger partial charge in [0.2, 0.25) is 11.7 Å². The average Bonchev–Trinajstić information content (AvgIpc) is 3.20. The zero-order valence-electron chi connectivity index (χ0n) is 12.0. The van der Waals surface area contributed by atoms with E-state index in [4.69, 9.17) is 10.3 Å². The summed E-state index contributed by atoms with van der Waals surface area (Å²) in [5.41, 5.74) is 8.39. The number of rotatable bonds is 5. The van der Waals surface area contributed by atoms with Gasteiger partial charge < -0.3 is 10.3 Å². The molecule has 1 atom stereocenters. The van der Waals surface area contributed by atoms with Crippen molar-refractivity contribution in [3.8, 4) is 11.4 Å². The molecule has 1 aliphatic carbocycles. The third-order valence-corrected chi connectivity index (χ3v) is 3.94. The fraction of sp³-hybridized carbons (Fsp3) is 0.500. The van der Waals surface area contributed by atoms with Crippen LogP contribution in [-0.4, -0.2) is 16.2 Å². The van der Waals surface area contributed by atoms with Crippen LogP contribution in [0.2, 0.25) is 0 Å². The second-order valence-corrected chi connectivity index (χ2v) is 5.99. The van der Waals surface area contributed by atoms with Crippen LogP contribution in [0.25, 0.3) is 11.4 Å². The quantitative estimate of drug-likeness (QED) is 0.907. The van der Waals surface area contributed by atoms with Crippen molar-refractivity contribution in [2.75, 3.05) is 0 Å². The third-order valence-electron chi connectivity index (χ3n) is 3.94. The van der Waals surface area contributed by atoms with Crippen molar-refractivity contribution >= 4 is 0 Å². The van der Waals surface area contributed by atoms with Gasteiger partial charge in [0.25, 0.3) is 0 Å². The normalized spacial score (nSPS) is 16.6. The lowest BCUT2D eigenvalue weighted by Gasteiger charge is -2.05. The second-order valence-electron chi connectivity index (χ2n) is 5.99. The van der Waals surface area contributed by atoms with Crippen LogP contribution < -0.4 is 5.73 Å². The van der Waals surface area contributed by atoms with E-state index in [1.807, 2.05) is 12.1 Å². The van der Waals surface area contributed by atoms with Crippen molar-refractivity contribution in [1.82, 2.24) is 10.1 Å². The number of nitrogens with zero attached hydrogens (tertiary/aromatic N) is 2. The minimum Gasteiger partial charge on any atom is -0.339 e. The van der Waals surface area contributed by atoms with Crippen molar-refractivity contribution in [1.29, 1.82) is 0 Å². The summed E-state index contributed by atoms with van der Waals surface area (Å²) < 4.78 is 5.30. The molecule has 1 aromatic carbocycles. The largest absolute Gasteiger partial charge is 0.339 e. The first kappa shape index (κ1) is 13.3. The molecule has 1 aliphatic rings. The summed E-state index contributed by atoms with van der Waals surface area (Å²) in [4.78, 5) is 4.45. The van der Waals surface area contributed by atoms with Crippen LogP contribution >= 0.6 is 0 Å². The third kappa shape index (κ3) is 2.90. The summed E-state index contributed by atoms with van der Waals surface area (Å²) in [5, 5.41) is 4.05. The zero-order valence-corrected chi connectivity index (χ0v) is 12.0. The maximum atomic E-state index is 6.08. The van der Waals surface area contributed by atoms with Crippen LogP contribution in [0.1, 0.15) is 44.1 Å². The fourth-order valence-electron chi connectivity index (χ4n) is 2.36. The SMILES string of the molecule is CC(C)c1ccc(-c2noc(CC(N)C3CC3)n2)cc1. The molecule has 0 saturated heterocycles. The molecular formula is C16H21N3O. The molecule has 0 aliphatic heterocycles. The van der Waals surface area contributed by atoms with E-state index in [0.717, 1.165) is 5.56 Å². The van der Waals surface area contributed by atoms with Gasteiger partial charge in [0.1, 0.15) is 0 Å². The van der Waals surface area contributed by atoms with E-state index < -0.39 is 0 Å². The lowest BCUT2D eigenvalue weighted by Crippen LogP contribution is -2.25. The summed E-state index contributed by atoms with van der Waals surface area (Å²) in [6.45, 7) is 4.36. The van der Waals surface area contributed by atoms with Crippen LogP contribution in [0, 0.1) is 5.92 Å². The molecule has 1 saturated carbocycles. The number of aromatic nitrogens is 2. The molecule has 1 aromatic heterocycles. The van der Waals surface area contributed by atoms with E-state index >= 15 is 0 Å². The molecule has 0 amide bonds. The molecule has 0 radical (unpaired) electrons. The van der Waals surface area contributed by atoms with Crippen LogP contribution in [-0.2, 0) is 6.42 Å². The Morgan fingerprint density at radius 1 is 1.25 bits per heavy atom. The Morgan fingerprint density at radius 2 is 1.95 bits per heavy atom. The molecular weight excluding hydrogens is 250 g/mol. The first-order chi connectivity index (χ1) is 9.63. The van der Waals surface area contributed by atoms with Crippen LogP contribution in [0.4, 0.5) is 0 Å². The van der Waals surface area contributed by atoms with Gasteiger partial charge in [-0.05, 0) is 30.2 Å². The first-order valence-corrected chi connectivity index (χ1v) is 7.32. The van der Waals surface area contributed by atoms with Crippen molar-refractivity contribution in [2.24, 2.45) is 11.7 Å². The monoisotopic (exact) mass is 271 g/mol. The Balaban J connectivity index is 1.72. The minimum atomic E-state index is 0.159. The number of hydrogen-bond donors (Lipinski definition) is 1. The van der Waals surface area contributed by atoms with Gasteiger partial charge in [-0.1, -0.05) is 43.3 Å². The maximum Gasteiger partial charge on any atom is 0.228 e. The van der Waals surface area contributed by atoms with Gasteiger partial charge in [-0.3, -0.25) is 0 Å². The molecule has 0 spiro atoms. The lowest BCUT2D eigenvalue weighted by molar-refractivity contribution is 0.364. The number of benzene rings is 1. The van der Waals surface area contributed by atoms with Gasteiger partial charge in [-0.2, -0.15) is 4.98 Å². The van der Waals surface area contributed by atoms with Gasteiger partial charge in [-0.15, -0.1) is 0 Å². The summed E-state index contributed by atoms with van der Waals surface area (Å²) in [6.07, 6.45) is 3.15. The Kier molecular flexibility index (Phi) is 3.57. The molecule has 106 valence electrons.